The Bertz CT molecular complexity index is 941. The summed E-state index contributed by atoms with van der Waals surface area (Å²) in [7, 11) is 4.89. The van der Waals surface area contributed by atoms with Crippen molar-refractivity contribution < 1.29 is 43.0 Å². The van der Waals surface area contributed by atoms with Gasteiger partial charge in [0.25, 0.3) is 0 Å². The minimum absolute atomic E-state index is 0.221. The summed E-state index contributed by atoms with van der Waals surface area (Å²) in [6.45, 7) is 2.94. The van der Waals surface area contributed by atoms with Crippen LogP contribution in [0.5, 0.6) is 11.5 Å². The summed E-state index contributed by atoms with van der Waals surface area (Å²) >= 11 is 0. The van der Waals surface area contributed by atoms with E-state index in [-0.39, 0.29) is 11.5 Å². The first-order valence-electron chi connectivity index (χ1n) is 10.2. The van der Waals surface area contributed by atoms with Crippen LogP contribution in [0.15, 0.2) is 48.5 Å². The van der Waals surface area contributed by atoms with Gasteiger partial charge < -0.3 is 14.2 Å². The number of para-hydroxylation sites is 2. The lowest BCUT2D eigenvalue weighted by Gasteiger charge is -2.32. The lowest BCUT2D eigenvalue weighted by Crippen LogP contribution is -2.38. The first-order chi connectivity index (χ1) is 16.5. The van der Waals surface area contributed by atoms with E-state index in [1.807, 2.05) is 0 Å². The van der Waals surface area contributed by atoms with Crippen LogP contribution >= 0.6 is 0 Å². The molecule has 0 amide bonds. The minimum Gasteiger partial charge on any atom is -0.456 e. The van der Waals surface area contributed by atoms with Gasteiger partial charge in [0.1, 0.15) is 11.5 Å². The quantitative estimate of drug-likeness (QED) is 0.214. The highest BCUT2D eigenvalue weighted by molar-refractivity contribution is 5.44. The van der Waals surface area contributed by atoms with Gasteiger partial charge in [0.05, 0.1) is 21.0 Å². The third-order valence-electron chi connectivity index (χ3n) is 5.15. The summed E-state index contributed by atoms with van der Waals surface area (Å²) in [6, 6.07) is 13.1. The normalized spacial score (nSPS) is 16.5. The Labute approximate surface area is 201 Å². The number of benzene rings is 2. The molecule has 0 bridgehead atoms. The SMILES string of the molecule is COC(OC(C)(OC)c1ccccc1Oc1ccccc1C(C)(OC)OC(OC)[N+](=O)[O-])[N+](=O)[O-]. The Kier molecular flexibility index (Phi) is 9.59. The van der Waals surface area contributed by atoms with Gasteiger partial charge in [-0.3, -0.25) is 39.2 Å². The van der Waals surface area contributed by atoms with Crippen molar-refractivity contribution in [1.29, 1.82) is 0 Å². The standard InChI is InChI=1S/C22H28N2O11/c1-21(31-5,34-19(29-3)23(25)26)15-11-7-9-13-17(15)33-18-14-10-8-12-16(18)22(2,32-6)35-20(30-4)24(27)28/h7-14,19-20H,1-6H3. The van der Waals surface area contributed by atoms with Crippen LogP contribution in [0.3, 0.4) is 0 Å². The van der Waals surface area contributed by atoms with Gasteiger partial charge in [0, 0.05) is 28.4 Å². The Morgan fingerprint density at radius 2 is 1.03 bits per heavy atom. The van der Waals surface area contributed by atoms with Gasteiger partial charge in [-0.2, -0.15) is 0 Å². The maximum Gasteiger partial charge on any atom is 0.435 e. The Balaban J connectivity index is 2.52. The zero-order valence-corrected chi connectivity index (χ0v) is 20.2. The molecule has 0 aliphatic carbocycles. The highest BCUT2D eigenvalue weighted by Gasteiger charge is 2.41. The van der Waals surface area contributed by atoms with E-state index < -0.39 is 34.2 Å². The van der Waals surface area contributed by atoms with E-state index in [2.05, 4.69) is 0 Å². The predicted molar refractivity (Wildman–Crippen MR) is 119 cm³/mol. The molecule has 0 fully saturated rings. The van der Waals surface area contributed by atoms with E-state index in [1.165, 1.54) is 28.1 Å². The van der Waals surface area contributed by atoms with Crippen LogP contribution in [0.25, 0.3) is 0 Å². The van der Waals surface area contributed by atoms with Crippen molar-refractivity contribution >= 4 is 0 Å². The van der Waals surface area contributed by atoms with Crippen LogP contribution in [0.4, 0.5) is 0 Å². The Hall–Kier alpha value is -3.20. The monoisotopic (exact) mass is 496 g/mol. The molecule has 0 heterocycles. The average molecular weight is 496 g/mol. The zero-order chi connectivity index (χ0) is 26.2. The van der Waals surface area contributed by atoms with Gasteiger partial charge in [-0.1, -0.05) is 24.3 Å². The largest absolute Gasteiger partial charge is 0.456 e. The lowest BCUT2D eigenvalue weighted by molar-refractivity contribution is -0.648. The molecule has 2 aromatic carbocycles. The fourth-order valence-corrected chi connectivity index (χ4v) is 3.16. The molecule has 0 saturated carbocycles. The molecule has 13 heteroatoms. The van der Waals surface area contributed by atoms with Crippen LogP contribution in [0, 0.1) is 20.2 Å². The summed E-state index contributed by atoms with van der Waals surface area (Å²) in [5.74, 6) is -2.85. The highest BCUT2D eigenvalue weighted by atomic mass is 16.8. The number of methoxy groups -OCH3 is 4. The first-order valence-corrected chi connectivity index (χ1v) is 10.2. The third kappa shape index (κ3) is 6.48. The number of ether oxygens (including phenoxy) is 7. The number of nitrogens with zero attached hydrogens (tertiary/aromatic N) is 2. The molecule has 13 nitrogen and oxygen atoms in total. The smallest absolute Gasteiger partial charge is 0.435 e. The van der Waals surface area contributed by atoms with Gasteiger partial charge >= 0.3 is 12.8 Å². The molecular weight excluding hydrogens is 468 g/mol. The molecule has 4 atom stereocenters. The summed E-state index contributed by atoms with van der Waals surface area (Å²) < 4.78 is 37.7. The van der Waals surface area contributed by atoms with Crippen molar-refractivity contribution in [1.82, 2.24) is 0 Å². The molecule has 0 radical (unpaired) electrons. The number of hydrogen-bond acceptors (Lipinski definition) is 11. The van der Waals surface area contributed by atoms with E-state index >= 15 is 0 Å². The zero-order valence-electron chi connectivity index (χ0n) is 20.2. The minimum atomic E-state index is -1.81. The van der Waals surface area contributed by atoms with Gasteiger partial charge in [0.15, 0.2) is 0 Å². The van der Waals surface area contributed by atoms with Crippen molar-refractivity contribution in [3.8, 4) is 11.5 Å². The Morgan fingerprint density at radius 1 is 0.686 bits per heavy atom. The van der Waals surface area contributed by atoms with Crippen LogP contribution in [0.2, 0.25) is 0 Å². The summed E-state index contributed by atoms with van der Waals surface area (Å²) in [4.78, 5) is 21.0. The highest BCUT2D eigenvalue weighted by Crippen LogP contribution is 2.41. The van der Waals surface area contributed by atoms with Crippen LogP contribution in [0.1, 0.15) is 25.0 Å². The first kappa shape index (κ1) is 28.0. The van der Waals surface area contributed by atoms with Crippen molar-refractivity contribution in [2.24, 2.45) is 0 Å². The van der Waals surface area contributed by atoms with Crippen LogP contribution < -0.4 is 4.74 Å². The molecule has 4 unspecified atom stereocenters. The fourth-order valence-electron chi connectivity index (χ4n) is 3.16. The van der Waals surface area contributed by atoms with Crippen molar-refractivity contribution in [3.63, 3.8) is 0 Å². The molecule has 2 aromatic rings. The molecular formula is C22H28N2O11. The molecule has 0 aromatic heterocycles. The van der Waals surface area contributed by atoms with E-state index in [0.717, 1.165) is 14.2 Å². The van der Waals surface area contributed by atoms with Crippen LogP contribution in [-0.4, -0.2) is 51.1 Å². The van der Waals surface area contributed by atoms with Gasteiger partial charge in [0.2, 0.25) is 11.6 Å². The van der Waals surface area contributed by atoms with Gasteiger partial charge in [-0.25, -0.2) is 0 Å². The maximum atomic E-state index is 11.3. The second kappa shape index (κ2) is 12.0. The summed E-state index contributed by atoms with van der Waals surface area (Å²) in [5.41, 5.74) is 0.614. The van der Waals surface area contributed by atoms with E-state index in [9.17, 15) is 20.2 Å². The molecule has 0 saturated heterocycles. The number of hydrogen-bond donors (Lipinski definition) is 0. The molecule has 0 aliphatic rings. The van der Waals surface area contributed by atoms with E-state index in [0.29, 0.717) is 11.1 Å². The van der Waals surface area contributed by atoms with E-state index in [4.69, 9.17) is 33.2 Å². The number of nitro groups is 2. The molecule has 0 aliphatic heterocycles. The molecule has 192 valence electrons. The van der Waals surface area contributed by atoms with E-state index in [1.54, 1.807) is 48.5 Å². The van der Waals surface area contributed by atoms with Crippen molar-refractivity contribution in [2.45, 2.75) is 38.2 Å². The third-order valence-corrected chi connectivity index (χ3v) is 5.15. The molecule has 0 spiro atoms. The molecule has 35 heavy (non-hydrogen) atoms. The van der Waals surface area contributed by atoms with Crippen molar-refractivity contribution in [2.75, 3.05) is 28.4 Å². The summed E-state index contributed by atoms with van der Waals surface area (Å²) in [5, 5.41) is 22.5. The molecule has 0 N–H and O–H groups in total. The topological polar surface area (TPSA) is 151 Å². The molecule has 2 rings (SSSR count). The maximum absolute atomic E-state index is 11.3. The van der Waals surface area contributed by atoms with Crippen molar-refractivity contribution in [3.05, 3.63) is 79.9 Å². The summed E-state index contributed by atoms with van der Waals surface area (Å²) in [6.07, 6.45) is -3.61. The predicted octanol–water partition coefficient (Wildman–Crippen LogP) is 3.56. The van der Waals surface area contributed by atoms with Crippen LogP contribution in [-0.2, 0) is 40.0 Å². The van der Waals surface area contributed by atoms with Gasteiger partial charge in [-0.15, -0.1) is 0 Å². The number of rotatable bonds is 14. The Morgan fingerprint density at radius 3 is 1.31 bits per heavy atom. The average Bonchev–Trinajstić information content (AvgIpc) is 2.85. The fraction of sp³-hybridized carbons (Fsp3) is 0.455. The van der Waals surface area contributed by atoms with Gasteiger partial charge in [-0.05, 0) is 38.1 Å². The second-order valence-corrected chi connectivity index (χ2v) is 7.29. The lowest BCUT2D eigenvalue weighted by atomic mass is 10.0. The second-order valence-electron chi connectivity index (χ2n) is 7.29.